The van der Waals surface area contributed by atoms with Gasteiger partial charge in [-0.15, -0.1) is 0 Å². The first kappa shape index (κ1) is 14.0. The van der Waals surface area contributed by atoms with Crippen LogP contribution in [0.15, 0.2) is 24.3 Å². The number of anilines is 1. The summed E-state index contributed by atoms with van der Waals surface area (Å²) in [6, 6.07) is 6.57. The van der Waals surface area contributed by atoms with Gasteiger partial charge in [0.15, 0.2) is 0 Å². The van der Waals surface area contributed by atoms with Crippen molar-refractivity contribution in [2.75, 3.05) is 12.4 Å². The molecule has 1 N–H and O–H groups in total. The zero-order valence-corrected chi connectivity index (χ0v) is 10.9. The van der Waals surface area contributed by atoms with Gasteiger partial charge >= 0.3 is 12.1 Å². The summed E-state index contributed by atoms with van der Waals surface area (Å²) in [5, 5.41) is 2.52. The number of rotatable bonds is 2. The number of carbonyl (C=O) groups excluding carboxylic acids is 2. The summed E-state index contributed by atoms with van der Waals surface area (Å²) in [6.45, 7) is 5.29. The standard InChI is InChI=1S/C13H17NO4/c1-13(2,3)18-12(16)14-10-8-6-5-7-9(10)11(15)17-4/h5-8H,1-4H3,(H,14,16)/i5+1,6+1,7+1,8+1,9+1,10+1. The molecule has 0 heterocycles. The predicted octanol–water partition coefficient (Wildman–Crippen LogP) is 2.82. The maximum atomic E-state index is 11.6. The molecule has 1 aromatic carbocycles. The highest BCUT2D eigenvalue weighted by molar-refractivity contribution is 5.99. The second-order valence-electron chi connectivity index (χ2n) is 4.66. The number of carbonyl (C=O) groups is 2. The molecule has 0 atom stereocenters. The second kappa shape index (κ2) is 5.53. The fourth-order valence-corrected chi connectivity index (χ4v) is 1.29. The average molecular weight is 257 g/mol. The molecule has 5 heteroatoms. The molecule has 0 saturated heterocycles. The van der Waals surface area contributed by atoms with Gasteiger partial charge < -0.3 is 9.47 Å². The molecule has 1 amide bonds. The fourth-order valence-electron chi connectivity index (χ4n) is 1.29. The lowest BCUT2D eigenvalue weighted by atomic mass is 10.2. The van der Waals surface area contributed by atoms with Crippen LogP contribution < -0.4 is 5.32 Å². The maximum Gasteiger partial charge on any atom is 0.412 e. The first-order valence-electron chi connectivity index (χ1n) is 5.51. The van der Waals surface area contributed by atoms with Gasteiger partial charge in [-0.3, -0.25) is 5.32 Å². The van der Waals surface area contributed by atoms with Gasteiger partial charge in [0.25, 0.3) is 0 Å². The van der Waals surface area contributed by atoms with E-state index in [4.69, 9.17) is 4.74 Å². The van der Waals surface area contributed by atoms with E-state index >= 15 is 0 Å². The average Bonchev–Trinajstić information content (AvgIpc) is 2.26. The summed E-state index contributed by atoms with van der Waals surface area (Å²) in [4.78, 5) is 23.1. The van der Waals surface area contributed by atoms with Crippen molar-refractivity contribution in [3.8, 4) is 0 Å². The lowest BCUT2D eigenvalue weighted by molar-refractivity contribution is 0.0602. The Bertz CT molecular complexity index is 449. The van der Waals surface area contributed by atoms with Crippen molar-refractivity contribution in [3.05, 3.63) is 29.8 Å². The number of ether oxygens (including phenoxy) is 2. The van der Waals surface area contributed by atoms with Crippen molar-refractivity contribution in [2.24, 2.45) is 0 Å². The van der Waals surface area contributed by atoms with Crippen LogP contribution in [0.25, 0.3) is 0 Å². The number of amides is 1. The van der Waals surface area contributed by atoms with Gasteiger partial charge in [0, 0.05) is 0 Å². The molecular weight excluding hydrogens is 240 g/mol. The number of hydrogen-bond acceptors (Lipinski definition) is 4. The quantitative estimate of drug-likeness (QED) is 0.827. The lowest BCUT2D eigenvalue weighted by Gasteiger charge is -2.20. The van der Waals surface area contributed by atoms with Crippen molar-refractivity contribution in [1.29, 1.82) is 0 Å². The Morgan fingerprint density at radius 3 is 2.33 bits per heavy atom. The molecule has 0 spiro atoms. The van der Waals surface area contributed by atoms with E-state index in [1.54, 1.807) is 45.0 Å². The molecule has 18 heavy (non-hydrogen) atoms. The summed E-state index contributed by atoms with van der Waals surface area (Å²) < 4.78 is 9.74. The van der Waals surface area contributed by atoms with Gasteiger partial charge in [-0.1, -0.05) is 12.1 Å². The zero-order chi connectivity index (χ0) is 13.8. The van der Waals surface area contributed by atoms with Crippen LogP contribution in [0.4, 0.5) is 10.5 Å². The minimum absolute atomic E-state index is 0.283. The van der Waals surface area contributed by atoms with Gasteiger partial charge in [0.1, 0.15) is 5.60 Å². The van der Waals surface area contributed by atoms with E-state index in [1.807, 2.05) is 0 Å². The molecule has 98 valence electrons. The Kier molecular flexibility index (Phi) is 4.31. The van der Waals surface area contributed by atoms with Crippen LogP contribution in [0, 0.1) is 0 Å². The Labute approximate surface area is 106 Å². The van der Waals surface area contributed by atoms with E-state index in [1.165, 1.54) is 7.11 Å². The van der Waals surface area contributed by atoms with Gasteiger partial charge in [-0.2, -0.15) is 0 Å². The SMILES string of the molecule is COC(=O)[13c]1[13cH][13cH][13cH][13cH][13c]1NC(=O)OC(C)(C)C. The van der Waals surface area contributed by atoms with Crippen LogP contribution in [-0.4, -0.2) is 24.8 Å². The van der Waals surface area contributed by atoms with Crippen molar-refractivity contribution < 1.29 is 19.1 Å². The summed E-state index contributed by atoms with van der Waals surface area (Å²) in [5.41, 5.74) is 0.0501. The molecule has 0 aliphatic rings. The topological polar surface area (TPSA) is 64.6 Å². The van der Waals surface area contributed by atoms with Crippen LogP contribution >= 0.6 is 0 Å². The molecule has 0 aliphatic carbocycles. The molecule has 0 fully saturated rings. The number of benzene rings is 1. The van der Waals surface area contributed by atoms with Gasteiger partial charge in [0.05, 0.1) is 18.4 Å². The summed E-state index contributed by atoms with van der Waals surface area (Å²) in [6.07, 6.45) is -0.612. The fraction of sp³-hybridized carbons (Fsp3) is 0.385. The number of para-hydroxylation sites is 1. The van der Waals surface area contributed by atoms with Gasteiger partial charge in [-0.25, -0.2) is 9.59 Å². The normalized spacial score (nSPS) is 10.7. The van der Waals surface area contributed by atoms with E-state index in [2.05, 4.69) is 10.1 Å². The van der Waals surface area contributed by atoms with E-state index in [0.29, 0.717) is 5.69 Å². The van der Waals surface area contributed by atoms with Gasteiger partial charge in [0.2, 0.25) is 0 Å². The molecule has 1 rings (SSSR count). The molecule has 5 nitrogen and oxygen atoms in total. The van der Waals surface area contributed by atoms with Crippen LogP contribution in [0.3, 0.4) is 0 Å². The maximum absolute atomic E-state index is 11.6. The van der Waals surface area contributed by atoms with Crippen LogP contribution in [0.1, 0.15) is 31.1 Å². The van der Waals surface area contributed by atoms with E-state index in [0.717, 1.165) is 0 Å². The lowest BCUT2D eigenvalue weighted by Crippen LogP contribution is -2.27. The zero-order valence-electron chi connectivity index (χ0n) is 10.9. The summed E-state index contributed by atoms with van der Waals surface area (Å²) in [7, 11) is 1.28. The first-order valence-corrected chi connectivity index (χ1v) is 5.51. The Hall–Kier alpha value is -2.04. The van der Waals surface area contributed by atoms with E-state index in [9.17, 15) is 9.59 Å². The third-order valence-corrected chi connectivity index (χ3v) is 1.97. The van der Waals surface area contributed by atoms with Gasteiger partial charge in [-0.05, 0) is 32.9 Å². The number of nitrogens with one attached hydrogen (secondary N) is 1. The van der Waals surface area contributed by atoms with E-state index in [-0.39, 0.29) is 5.56 Å². The predicted molar refractivity (Wildman–Crippen MR) is 67.6 cm³/mol. The number of methoxy groups -OCH3 is 1. The largest absolute Gasteiger partial charge is 0.465 e. The molecule has 0 radical (unpaired) electrons. The summed E-state index contributed by atoms with van der Waals surface area (Å²) >= 11 is 0. The van der Waals surface area contributed by atoms with Crippen molar-refractivity contribution in [3.63, 3.8) is 0 Å². The molecule has 0 bridgehead atoms. The van der Waals surface area contributed by atoms with Crippen LogP contribution in [0.2, 0.25) is 0 Å². The Morgan fingerprint density at radius 2 is 1.78 bits per heavy atom. The monoisotopic (exact) mass is 257 g/mol. The Balaban J connectivity index is 2.85. The minimum atomic E-state index is -0.612. The van der Waals surface area contributed by atoms with E-state index < -0.39 is 17.7 Å². The Morgan fingerprint density at radius 1 is 1.17 bits per heavy atom. The molecule has 0 aromatic heterocycles. The van der Waals surface area contributed by atoms with Crippen LogP contribution in [-0.2, 0) is 9.47 Å². The molecule has 0 saturated carbocycles. The molecule has 0 unspecified atom stereocenters. The molecule has 1 aromatic rings. The van der Waals surface area contributed by atoms with Crippen molar-refractivity contribution >= 4 is 17.7 Å². The van der Waals surface area contributed by atoms with Crippen molar-refractivity contribution in [1.82, 2.24) is 0 Å². The van der Waals surface area contributed by atoms with Crippen LogP contribution in [0.5, 0.6) is 0 Å². The number of esters is 1. The second-order valence-corrected chi connectivity index (χ2v) is 4.66. The van der Waals surface area contributed by atoms with Crippen molar-refractivity contribution in [2.45, 2.75) is 26.4 Å². The highest BCUT2D eigenvalue weighted by Gasteiger charge is 2.18. The molecular formula is C13H17NO4. The highest BCUT2D eigenvalue weighted by atomic mass is 16.6. The summed E-state index contributed by atoms with van der Waals surface area (Å²) in [5.74, 6) is -0.512. The molecule has 0 aliphatic heterocycles. The highest BCUT2D eigenvalue weighted by Crippen LogP contribution is 2.17. The third kappa shape index (κ3) is 4.08. The minimum Gasteiger partial charge on any atom is -0.465 e. The number of hydrogen-bond donors (Lipinski definition) is 1. The smallest absolute Gasteiger partial charge is 0.412 e. The third-order valence-electron chi connectivity index (χ3n) is 1.97. The first-order chi connectivity index (χ1) is 8.33.